The predicted octanol–water partition coefficient (Wildman–Crippen LogP) is 4.34. The summed E-state index contributed by atoms with van der Waals surface area (Å²) in [4.78, 5) is 25.9. The van der Waals surface area contributed by atoms with Gasteiger partial charge in [0, 0.05) is 25.5 Å². The molecule has 3 aromatic rings. The smallest absolute Gasteiger partial charge is 0.307 e. The van der Waals surface area contributed by atoms with Crippen LogP contribution in [0.5, 0.6) is 0 Å². The Hall–Kier alpha value is -2.94. The second-order valence-electron chi connectivity index (χ2n) is 6.64. The number of halogens is 3. The van der Waals surface area contributed by atoms with Crippen LogP contribution < -0.4 is 4.90 Å². The lowest BCUT2D eigenvalue weighted by Crippen LogP contribution is -2.30. The van der Waals surface area contributed by atoms with Crippen LogP contribution in [0, 0.1) is 11.6 Å². The highest BCUT2D eigenvalue weighted by Gasteiger charge is 2.21. The molecule has 6 nitrogen and oxygen atoms in total. The summed E-state index contributed by atoms with van der Waals surface area (Å²) < 4.78 is 28.5. The number of rotatable bonds is 4. The molecule has 0 bridgehead atoms. The Morgan fingerprint density at radius 1 is 1.24 bits per heavy atom. The minimum Gasteiger partial charge on any atom is -0.481 e. The summed E-state index contributed by atoms with van der Waals surface area (Å²) in [6, 6.07) is 3.80. The molecule has 3 heterocycles. The lowest BCUT2D eigenvalue weighted by atomic mass is 10.0. The fourth-order valence-corrected chi connectivity index (χ4v) is 3.59. The first-order valence-electron chi connectivity index (χ1n) is 8.83. The van der Waals surface area contributed by atoms with E-state index in [1.807, 2.05) is 11.0 Å². The number of carboxylic acid groups (broad SMARTS) is 1. The zero-order valence-corrected chi connectivity index (χ0v) is 16.7. The van der Waals surface area contributed by atoms with Crippen LogP contribution in [0.1, 0.15) is 12.8 Å². The van der Waals surface area contributed by atoms with Gasteiger partial charge in [-0.3, -0.25) is 9.78 Å². The summed E-state index contributed by atoms with van der Waals surface area (Å²) in [5.41, 5.74) is 1.37. The number of hydrogen-bond acceptors (Lipinski definition) is 5. The molecule has 2 aromatic heterocycles. The Labute approximate surface area is 173 Å². The Bertz CT molecular complexity index is 1150. The van der Waals surface area contributed by atoms with E-state index in [0.29, 0.717) is 36.2 Å². The van der Waals surface area contributed by atoms with Crippen LogP contribution >= 0.6 is 15.9 Å². The molecule has 29 heavy (non-hydrogen) atoms. The quantitative estimate of drug-likeness (QED) is 0.460. The monoisotopic (exact) mass is 460 g/mol. The Morgan fingerprint density at radius 2 is 2.07 bits per heavy atom. The number of aromatic nitrogens is 3. The molecule has 1 aliphatic heterocycles. The Kier molecular flexibility index (Phi) is 5.23. The van der Waals surface area contributed by atoms with E-state index in [2.05, 4.69) is 30.9 Å². The van der Waals surface area contributed by atoms with Gasteiger partial charge in [0.25, 0.3) is 0 Å². The van der Waals surface area contributed by atoms with Crippen molar-refractivity contribution in [3.63, 3.8) is 0 Å². The molecule has 1 N–H and O–H groups in total. The molecule has 0 atom stereocenters. The number of aliphatic carboxylic acids is 1. The molecule has 0 fully saturated rings. The first-order chi connectivity index (χ1) is 13.9. The summed E-state index contributed by atoms with van der Waals surface area (Å²) in [6.45, 7) is 1.01. The summed E-state index contributed by atoms with van der Waals surface area (Å²) in [7, 11) is 0. The van der Waals surface area contributed by atoms with Crippen LogP contribution in [0.25, 0.3) is 22.3 Å². The fourth-order valence-electron chi connectivity index (χ4n) is 3.27. The fraction of sp³-hybridized carbons (Fsp3) is 0.200. The molecule has 9 heteroatoms. The van der Waals surface area contributed by atoms with Crippen molar-refractivity contribution in [2.45, 2.75) is 12.8 Å². The molecule has 0 unspecified atom stereocenters. The van der Waals surface area contributed by atoms with Crippen LogP contribution in [0.15, 0.2) is 46.7 Å². The molecule has 0 radical (unpaired) electrons. The van der Waals surface area contributed by atoms with E-state index in [1.54, 1.807) is 18.5 Å². The lowest BCUT2D eigenvalue weighted by Gasteiger charge is -2.28. The van der Waals surface area contributed by atoms with Crippen molar-refractivity contribution in [2.75, 3.05) is 18.0 Å². The number of benzene rings is 1. The van der Waals surface area contributed by atoms with Gasteiger partial charge in [0.05, 0.1) is 27.4 Å². The maximum Gasteiger partial charge on any atom is 0.307 e. The average Bonchev–Trinajstić information content (AvgIpc) is 2.70. The molecule has 1 aliphatic rings. The molecule has 4 rings (SSSR count). The Balaban J connectivity index is 1.80. The molecule has 1 aromatic carbocycles. The van der Waals surface area contributed by atoms with Crippen molar-refractivity contribution >= 4 is 38.6 Å². The molecule has 0 amide bonds. The molecular formula is C20H15BrF2N4O2. The van der Waals surface area contributed by atoms with E-state index < -0.39 is 17.6 Å². The van der Waals surface area contributed by atoms with Crippen LogP contribution in [0.2, 0.25) is 0 Å². The third-order valence-corrected chi connectivity index (χ3v) is 5.32. The van der Waals surface area contributed by atoms with E-state index in [9.17, 15) is 13.6 Å². The summed E-state index contributed by atoms with van der Waals surface area (Å²) in [5, 5.41) is 9.65. The van der Waals surface area contributed by atoms with Gasteiger partial charge in [-0.1, -0.05) is 11.6 Å². The number of carboxylic acids is 1. The van der Waals surface area contributed by atoms with Crippen molar-refractivity contribution in [1.82, 2.24) is 15.0 Å². The zero-order chi connectivity index (χ0) is 20.5. The maximum atomic E-state index is 14.5. The van der Waals surface area contributed by atoms with Gasteiger partial charge in [0.15, 0.2) is 5.82 Å². The minimum absolute atomic E-state index is 0.00848. The topological polar surface area (TPSA) is 79.2 Å². The van der Waals surface area contributed by atoms with E-state index in [4.69, 9.17) is 5.11 Å². The summed E-state index contributed by atoms with van der Waals surface area (Å²) in [6.07, 6.45) is 5.65. The number of fused-ring (bicyclic) bond motifs is 1. The van der Waals surface area contributed by atoms with Crippen molar-refractivity contribution in [3.8, 4) is 11.4 Å². The SMILES string of the molecule is O=C(O)CC1=CCN(c2nc(-c3cc(F)c(Br)cc3F)nc3ccncc23)CC1. The first-order valence-corrected chi connectivity index (χ1v) is 9.63. The number of nitrogens with zero attached hydrogens (tertiary/aromatic N) is 4. The second-order valence-corrected chi connectivity index (χ2v) is 7.49. The maximum absolute atomic E-state index is 14.5. The highest BCUT2D eigenvalue weighted by Crippen LogP contribution is 2.31. The van der Waals surface area contributed by atoms with Gasteiger partial charge in [-0.25, -0.2) is 18.7 Å². The van der Waals surface area contributed by atoms with Crippen molar-refractivity contribution in [3.05, 3.63) is 58.3 Å². The predicted molar refractivity (Wildman–Crippen MR) is 108 cm³/mol. The Morgan fingerprint density at radius 3 is 2.79 bits per heavy atom. The van der Waals surface area contributed by atoms with Crippen molar-refractivity contribution in [1.29, 1.82) is 0 Å². The van der Waals surface area contributed by atoms with E-state index in [0.717, 1.165) is 17.7 Å². The highest BCUT2D eigenvalue weighted by molar-refractivity contribution is 9.10. The van der Waals surface area contributed by atoms with Crippen LogP contribution in [-0.4, -0.2) is 39.1 Å². The first kappa shape index (κ1) is 19.4. The molecular weight excluding hydrogens is 446 g/mol. The summed E-state index contributed by atoms with van der Waals surface area (Å²) in [5.74, 6) is -1.49. The number of pyridine rings is 1. The number of hydrogen-bond donors (Lipinski definition) is 1. The largest absolute Gasteiger partial charge is 0.481 e. The van der Waals surface area contributed by atoms with Crippen molar-refractivity contribution < 1.29 is 18.7 Å². The van der Waals surface area contributed by atoms with Gasteiger partial charge >= 0.3 is 5.97 Å². The molecule has 148 valence electrons. The van der Waals surface area contributed by atoms with Gasteiger partial charge in [-0.05, 0) is 40.5 Å². The van der Waals surface area contributed by atoms with Gasteiger partial charge in [0.1, 0.15) is 17.5 Å². The van der Waals surface area contributed by atoms with Crippen LogP contribution in [0.3, 0.4) is 0 Å². The van der Waals surface area contributed by atoms with Gasteiger partial charge in [0.2, 0.25) is 0 Å². The summed E-state index contributed by atoms with van der Waals surface area (Å²) >= 11 is 2.97. The van der Waals surface area contributed by atoms with E-state index in [1.165, 1.54) is 0 Å². The van der Waals surface area contributed by atoms with Crippen LogP contribution in [0.4, 0.5) is 14.6 Å². The zero-order valence-electron chi connectivity index (χ0n) is 15.1. The molecule has 0 saturated carbocycles. The number of carbonyl (C=O) groups is 1. The average molecular weight is 461 g/mol. The standard InChI is InChI=1S/C20H15BrF2N4O2/c21-14-9-15(22)12(8-16(14)23)19-25-17-1-4-24-10-13(17)20(26-19)27-5-2-11(3-6-27)7-18(28)29/h1-2,4,8-10H,3,5-7H2,(H,28,29). The van der Waals surface area contributed by atoms with E-state index in [-0.39, 0.29) is 22.3 Å². The van der Waals surface area contributed by atoms with Crippen molar-refractivity contribution in [2.24, 2.45) is 0 Å². The van der Waals surface area contributed by atoms with Gasteiger partial charge in [-0.15, -0.1) is 0 Å². The van der Waals surface area contributed by atoms with Crippen LogP contribution in [-0.2, 0) is 4.79 Å². The molecule has 0 saturated heterocycles. The minimum atomic E-state index is -0.864. The molecule has 0 spiro atoms. The van der Waals surface area contributed by atoms with E-state index >= 15 is 0 Å². The second kappa shape index (κ2) is 7.82. The van der Waals surface area contributed by atoms with Gasteiger partial charge in [-0.2, -0.15) is 0 Å². The highest BCUT2D eigenvalue weighted by atomic mass is 79.9. The molecule has 0 aliphatic carbocycles. The lowest BCUT2D eigenvalue weighted by molar-refractivity contribution is -0.136. The third-order valence-electron chi connectivity index (χ3n) is 4.71. The number of anilines is 1. The third kappa shape index (κ3) is 3.95. The van der Waals surface area contributed by atoms with Gasteiger partial charge < -0.3 is 10.0 Å². The normalized spacial score (nSPS) is 14.2.